The van der Waals surface area contributed by atoms with Crippen molar-refractivity contribution in [2.24, 2.45) is 0 Å². The topological polar surface area (TPSA) is 55.3 Å². The summed E-state index contributed by atoms with van der Waals surface area (Å²) in [5, 5.41) is 0. The normalized spacial score (nSPS) is 15.0. The molecule has 0 aliphatic carbocycles. The largest absolute Gasteiger partial charge is 0.456 e. The maximum Gasteiger partial charge on any atom is 0.338 e. The highest BCUT2D eigenvalue weighted by Crippen LogP contribution is 2.23. The van der Waals surface area contributed by atoms with Crippen LogP contribution >= 0.6 is 0 Å². The van der Waals surface area contributed by atoms with Crippen LogP contribution in [-0.2, 0) is 11.2 Å². The smallest absolute Gasteiger partial charge is 0.338 e. The molecule has 5 heteroatoms. The Bertz CT molecular complexity index is 748. The first-order chi connectivity index (χ1) is 12.4. The Morgan fingerprint density at radius 2 is 1.96 bits per heavy atom. The molecule has 0 saturated carbocycles. The molecule has 0 N–H and O–H groups in total. The zero-order chi connectivity index (χ0) is 18.6. The number of ether oxygens (including phenoxy) is 1. The molecule has 26 heavy (non-hydrogen) atoms. The number of aromatic nitrogens is 2. The lowest BCUT2D eigenvalue weighted by atomic mass is 10.1. The number of piperidine rings is 1. The maximum atomic E-state index is 12.6. The fourth-order valence-electron chi connectivity index (χ4n) is 3.11. The summed E-state index contributed by atoms with van der Waals surface area (Å²) in [7, 11) is 0. The van der Waals surface area contributed by atoms with Crippen LogP contribution in [0.1, 0.15) is 61.6 Å². The highest BCUT2D eigenvalue weighted by Gasteiger charge is 2.21. The van der Waals surface area contributed by atoms with Crippen molar-refractivity contribution in [3.05, 3.63) is 53.5 Å². The summed E-state index contributed by atoms with van der Waals surface area (Å²) in [5.41, 5.74) is 1.98. The molecule has 2 aromatic rings. The summed E-state index contributed by atoms with van der Waals surface area (Å²) >= 11 is 0. The summed E-state index contributed by atoms with van der Waals surface area (Å²) in [6.45, 7) is 7.62. The van der Waals surface area contributed by atoms with E-state index in [0.29, 0.717) is 12.0 Å². The SMILES string of the molecule is CC(C)(C)OC(=O)c1cc(Cc2cccnc2)nc(N2CCCCC2)c1. The number of hydrogen-bond acceptors (Lipinski definition) is 5. The summed E-state index contributed by atoms with van der Waals surface area (Å²) in [6.07, 6.45) is 7.82. The third-order valence-corrected chi connectivity index (χ3v) is 4.29. The predicted octanol–water partition coefficient (Wildman–Crippen LogP) is 4.01. The van der Waals surface area contributed by atoms with Crippen LogP contribution in [0.5, 0.6) is 0 Å². The monoisotopic (exact) mass is 353 g/mol. The number of carbonyl (C=O) groups is 1. The Morgan fingerprint density at radius 3 is 2.62 bits per heavy atom. The third-order valence-electron chi connectivity index (χ3n) is 4.29. The van der Waals surface area contributed by atoms with Gasteiger partial charge in [-0.05, 0) is 63.8 Å². The van der Waals surface area contributed by atoms with Gasteiger partial charge < -0.3 is 9.64 Å². The second-order valence-electron chi connectivity index (χ2n) is 7.79. The first-order valence-electron chi connectivity index (χ1n) is 9.29. The van der Waals surface area contributed by atoms with Crippen molar-refractivity contribution >= 4 is 11.8 Å². The van der Waals surface area contributed by atoms with Crippen LogP contribution in [0.2, 0.25) is 0 Å². The first-order valence-corrected chi connectivity index (χ1v) is 9.29. The lowest BCUT2D eigenvalue weighted by molar-refractivity contribution is 0.00693. The molecule has 1 fully saturated rings. The van der Waals surface area contributed by atoms with Gasteiger partial charge in [-0.2, -0.15) is 0 Å². The van der Waals surface area contributed by atoms with Gasteiger partial charge in [0.15, 0.2) is 0 Å². The quantitative estimate of drug-likeness (QED) is 0.777. The van der Waals surface area contributed by atoms with Gasteiger partial charge in [-0.15, -0.1) is 0 Å². The molecule has 1 saturated heterocycles. The van der Waals surface area contributed by atoms with Gasteiger partial charge in [0.1, 0.15) is 11.4 Å². The number of anilines is 1. The molecule has 1 aliphatic rings. The minimum atomic E-state index is -0.519. The van der Waals surface area contributed by atoms with Crippen LogP contribution < -0.4 is 4.90 Å². The molecule has 0 amide bonds. The fourth-order valence-corrected chi connectivity index (χ4v) is 3.11. The van der Waals surface area contributed by atoms with Crippen molar-refractivity contribution in [2.45, 2.75) is 52.1 Å². The van der Waals surface area contributed by atoms with E-state index in [4.69, 9.17) is 9.72 Å². The molecule has 3 rings (SSSR count). The minimum Gasteiger partial charge on any atom is -0.456 e. The molecule has 0 spiro atoms. The Balaban J connectivity index is 1.91. The van der Waals surface area contributed by atoms with E-state index in [9.17, 15) is 4.79 Å². The molecule has 0 bridgehead atoms. The first kappa shape index (κ1) is 18.4. The Morgan fingerprint density at radius 1 is 1.19 bits per heavy atom. The molecular weight excluding hydrogens is 326 g/mol. The van der Waals surface area contributed by atoms with Crippen LogP contribution in [0.3, 0.4) is 0 Å². The van der Waals surface area contributed by atoms with Crippen molar-refractivity contribution in [1.29, 1.82) is 0 Å². The van der Waals surface area contributed by atoms with E-state index in [1.54, 1.807) is 6.20 Å². The van der Waals surface area contributed by atoms with Gasteiger partial charge in [-0.25, -0.2) is 9.78 Å². The molecule has 0 atom stereocenters. The fraction of sp³-hybridized carbons (Fsp3) is 0.476. The van der Waals surface area contributed by atoms with E-state index in [1.807, 2.05) is 51.2 Å². The number of rotatable bonds is 4. The predicted molar refractivity (Wildman–Crippen MR) is 103 cm³/mol. The van der Waals surface area contributed by atoms with Crippen molar-refractivity contribution in [1.82, 2.24) is 9.97 Å². The number of esters is 1. The van der Waals surface area contributed by atoms with E-state index in [2.05, 4.69) is 9.88 Å². The number of pyridine rings is 2. The number of hydrogen-bond donors (Lipinski definition) is 0. The molecule has 2 aromatic heterocycles. The van der Waals surface area contributed by atoms with Crippen LogP contribution in [-0.4, -0.2) is 34.6 Å². The summed E-state index contributed by atoms with van der Waals surface area (Å²) in [6, 6.07) is 7.65. The molecule has 0 unspecified atom stereocenters. The molecule has 0 radical (unpaired) electrons. The van der Waals surface area contributed by atoms with Crippen LogP contribution in [0.25, 0.3) is 0 Å². The van der Waals surface area contributed by atoms with Gasteiger partial charge >= 0.3 is 5.97 Å². The molecular formula is C21H27N3O2. The van der Waals surface area contributed by atoms with Gasteiger partial charge in [-0.1, -0.05) is 6.07 Å². The number of nitrogens with zero attached hydrogens (tertiary/aromatic N) is 3. The van der Waals surface area contributed by atoms with Gasteiger partial charge in [-0.3, -0.25) is 4.98 Å². The summed E-state index contributed by atoms with van der Waals surface area (Å²) in [4.78, 5) is 23.9. The minimum absolute atomic E-state index is 0.300. The average Bonchev–Trinajstić information content (AvgIpc) is 2.62. The van der Waals surface area contributed by atoms with E-state index in [-0.39, 0.29) is 5.97 Å². The molecule has 1 aliphatic heterocycles. The second-order valence-corrected chi connectivity index (χ2v) is 7.79. The standard InChI is InChI=1S/C21H27N3O2/c1-21(2,3)26-20(25)17-13-18(12-16-8-7-9-22-15-16)23-19(14-17)24-10-5-4-6-11-24/h7-9,13-15H,4-6,10-12H2,1-3H3. The zero-order valence-corrected chi connectivity index (χ0v) is 15.9. The van der Waals surface area contributed by atoms with Crippen molar-refractivity contribution in [3.8, 4) is 0 Å². The third kappa shape index (κ3) is 5.04. The number of carbonyl (C=O) groups excluding carboxylic acids is 1. The Labute approximate surface area is 155 Å². The van der Waals surface area contributed by atoms with Crippen molar-refractivity contribution in [3.63, 3.8) is 0 Å². The maximum absolute atomic E-state index is 12.6. The van der Waals surface area contributed by atoms with E-state index >= 15 is 0 Å². The van der Waals surface area contributed by atoms with Gasteiger partial charge in [0.05, 0.1) is 5.56 Å². The highest BCUT2D eigenvalue weighted by atomic mass is 16.6. The molecule has 138 valence electrons. The lowest BCUT2D eigenvalue weighted by Gasteiger charge is -2.28. The Kier molecular flexibility index (Phi) is 5.55. The summed E-state index contributed by atoms with van der Waals surface area (Å²) < 4.78 is 5.57. The van der Waals surface area contributed by atoms with Gasteiger partial charge in [0.2, 0.25) is 0 Å². The zero-order valence-electron chi connectivity index (χ0n) is 15.9. The second kappa shape index (κ2) is 7.85. The summed E-state index contributed by atoms with van der Waals surface area (Å²) in [5.74, 6) is 0.567. The lowest BCUT2D eigenvalue weighted by Crippen LogP contribution is -2.31. The van der Waals surface area contributed by atoms with E-state index in [0.717, 1.165) is 43.0 Å². The van der Waals surface area contributed by atoms with E-state index in [1.165, 1.54) is 6.42 Å². The van der Waals surface area contributed by atoms with Crippen molar-refractivity contribution in [2.75, 3.05) is 18.0 Å². The Hall–Kier alpha value is -2.43. The molecule has 3 heterocycles. The van der Waals surface area contributed by atoms with Crippen LogP contribution in [0, 0.1) is 0 Å². The van der Waals surface area contributed by atoms with E-state index < -0.39 is 5.60 Å². The van der Waals surface area contributed by atoms with Gasteiger partial charge in [0.25, 0.3) is 0 Å². The highest BCUT2D eigenvalue weighted by molar-refractivity contribution is 5.90. The van der Waals surface area contributed by atoms with Crippen LogP contribution in [0.15, 0.2) is 36.7 Å². The molecule has 0 aromatic carbocycles. The van der Waals surface area contributed by atoms with Gasteiger partial charge in [0, 0.05) is 37.6 Å². The van der Waals surface area contributed by atoms with Crippen molar-refractivity contribution < 1.29 is 9.53 Å². The average molecular weight is 353 g/mol. The molecule has 5 nitrogen and oxygen atoms in total. The van der Waals surface area contributed by atoms with Crippen LogP contribution in [0.4, 0.5) is 5.82 Å².